The Balaban J connectivity index is 2.67. The van der Waals surface area contributed by atoms with Crippen molar-refractivity contribution in [3.63, 3.8) is 0 Å². The van der Waals surface area contributed by atoms with Crippen molar-refractivity contribution in [2.24, 2.45) is 0 Å². The number of H-pyrrole nitrogens is 1. The van der Waals surface area contributed by atoms with Crippen LogP contribution in [0.1, 0.15) is 26.3 Å². The molecule has 2 aromatic rings. The van der Waals surface area contributed by atoms with Crippen molar-refractivity contribution < 1.29 is 0 Å². The van der Waals surface area contributed by atoms with Gasteiger partial charge in [-0.05, 0) is 26.8 Å². The fourth-order valence-corrected chi connectivity index (χ4v) is 1.83. The summed E-state index contributed by atoms with van der Waals surface area (Å²) >= 11 is 0. The number of hydrogen-bond acceptors (Lipinski definition) is 2. The van der Waals surface area contributed by atoms with Crippen LogP contribution in [0.4, 0.5) is 5.82 Å². The zero-order valence-electron chi connectivity index (χ0n) is 10.7. The highest BCUT2D eigenvalue weighted by Gasteiger charge is 2.22. The number of anilines is 1. The minimum absolute atomic E-state index is 0.0214. The molecule has 0 saturated heterocycles. The van der Waals surface area contributed by atoms with Gasteiger partial charge in [-0.25, -0.2) is 0 Å². The van der Waals surface area contributed by atoms with Gasteiger partial charge in [-0.15, -0.1) is 0 Å². The number of nitriles is 1. The predicted octanol–water partition coefficient (Wildman–Crippen LogP) is 3.27. The molecule has 0 radical (unpaired) electrons. The van der Waals surface area contributed by atoms with E-state index >= 15 is 0 Å². The van der Waals surface area contributed by atoms with E-state index in [2.05, 4.69) is 36.7 Å². The fraction of sp³-hybridized carbons (Fsp3) is 0.357. The Morgan fingerprint density at radius 2 is 1.88 bits per heavy atom. The van der Waals surface area contributed by atoms with E-state index in [1.165, 1.54) is 0 Å². The molecular formula is C14H17N3. The molecule has 17 heavy (non-hydrogen) atoms. The number of fused-ring (bicyclic) bond motifs is 1. The largest absolute Gasteiger partial charge is 0.355 e. The Kier molecular flexibility index (Phi) is 2.59. The van der Waals surface area contributed by atoms with Gasteiger partial charge < -0.3 is 9.88 Å². The average Bonchev–Trinajstić information content (AvgIpc) is 2.64. The van der Waals surface area contributed by atoms with Crippen LogP contribution in [0.3, 0.4) is 0 Å². The van der Waals surface area contributed by atoms with E-state index in [4.69, 9.17) is 0 Å². The Bertz CT molecular complexity index is 582. The molecule has 1 aromatic carbocycles. The first kappa shape index (κ1) is 11.5. The lowest BCUT2D eigenvalue weighted by Gasteiger charge is -2.33. The highest BCUT2D eigenvalue weighted by atomic mass is 15.2. The number of nitrogens with zero attached hydrogens (tertiary/aromatic N) is 2. The zero-order chi connectivity index (χ0) is 12.6. The lowest BCUT2D eigenvalue weighted by atomic mass is 10.1. The van der Waals surface area contributed by atoms with Crippen LogP contribution in [-0.4, -0.2) is 17.6 Å². The number of para-hydroxylation sites is 1. The summed E-state index contributed by atoms with van der Waals surface area (Å²) < 4.78 is 0. The number of rotatable bonds is 1. The lowest BCUT2D eigenvalue weighted by Crippen LogP contribution is -2.38. The Labute approximate surface area is 102 Å². The monoisotopic (exact) mass is 227 g/mol. The molecule has 0 unspecified atom stereocenters. The second-order valence-corrected chi connectivity index (χ2v) is 5.24. The van der Waals surface area contributed by atoms with Crippen molar-refractivity contribution in [2.75, 3.05) is 11.9 Å². The van der Waals surface area contributed by atoms with Crippen LogP contribution in [0.15, 0.2) is 24.3 Å². The molecule has 0 fully saturated rings. The Morgan fingerprint density at radius 3 is 2.47 bits per heavy atom. The maximum Gasteiger partial charge on any atom is 0.125 e. The highest BCUT2D eigenvalue weighted by molar-refractivity contribution is 5.91. The molecule has 3 heteroatoms. The number of hydrogen-bond donors (Lipinski definition) is 1. The van der Waals surface area contributed by atoms with E-state index in [9.17, 15) is 5.26 Å². The van der Waals surface area contributed by atoms with Crippen molar-refractivity contribution in [3.05, 3.63) is 29.8 Å². The summed E-state index contributed by atoms with van der Waals surface area (Å²) in [4.78, 5) is 5.43. The molecular weight excluding hydrogens is 210 g/mol. The zero-order valence-corrected chi connectivity index (χ0v) is 10.7. The van der Waals surface area contributed by atoms with Crippen molar-refractivity contribution >= 4 is 16.7 Å². The molecule has 2 rings (SSSR count). The Hall–Kier alpha value is -1.95. The summed E-state index contributed by atoms with van der Waals surface area (Å²) in [5.74, 6) is 0.890. The van der Waals surface area contributed by atoms with Crippen molar-refractivity contribution in [1.82, 2.24) is 4.98 Å². The smallest absolute Gasteiger partial charge is 0.125 e. The highest BCUT2D eigenvalue weighted by Crippen LogP contribution is 2.30. The van der Waals surface area contributed by atoms with Gasteiger partial charge in [0.1, 0.15) is 17.5 Å². The molecule has 1 N–H and O–H groups in total. The molecule has 0 bridgehead atoms. The maximum atomic E-state index is 9.32. The maximum absolute atomic E-state index is 9.32. The lowest BCUT2D eigenvalue weighted by molar-refractivity contribution is 0.535. The molecule has 1 heterocycles. The number of benzene rings is 1. The molecule has 0 aliphatic carbocycles. The third kappa shape index (κ3) is 1.87. The van der Waals surface area contributed by atoms with Gasteiger partial charge in [-0.2, -0.15) is 5.26 Å². The van der Waals surface area contributed by atoms with E-state index in [0.29, 0.717) is 0 Å². The van der Waals surface area contributed by atoms with Gasteiger partial charge >= 0.3 is 0 Å². The third-order valence-corrected chi connectivity index (χ3v) is 3.14. The molecule has 0 saturated carbocycles. The van der Waals surface area contributed by atoms with Crippen molar-refractivity contribution in [2.45, 2.75) is 26.3 Å². The number of aromatic nitrogens is 1. The molecule has 1 aromatic heterocycles. The molecule has 3 nitrogen and oxygen atoms in total. The Morgan fingerprint density at radius 1 is 1.24 bits per heavy atom. The van der Waals surface area contributed by atoms with E-state index in [-0.39, 0.29) is 5.54 Å². The van der Waals surface area contributed by atoms with Crippen LogP contribution in [0, 0.1) is 11.3 Å². The van der Waals surface area contributed by atoms with Gasteiger partial charge in [0.2, 0.25) is 0 Å². The van der Waals surface area contributed by atoms with Crippen LogP contribution in [-0.2, 0) is 0 Å². The molecule has 88 valence electrons. The van der Waals surface area contributed by atoms with E-state index in [1.807, 2.05) is 31.3 Å². The topological polar surface area (TPSA) is 42.8 Å². The molecule has 0 aliphatic heterocycles. The SMILES string of the molecule is CN(c1[nH]c2ccccc2c1C#N)C(C)(C)C. The van der Waals surface area contributed by atoms with Crippen LogP contribution in [0.5, 0.6) is 0 Å². The van der Waals surface area contributed by atoms with Gasteiger partial charge in [0.25, 0.3) is 0 Å². The quantitative estimate of drug-likeness (QED) is 0.812. The van der Waals surface area contributed by atoms with E-state index < -0.39 is 0 Å². The first-order valence-electron chi connectivity index (χ1n) is 5.70. The molecule has 0 atom stereocenters. The molecule has 0 spiro atoms. The fourth-order valence-electron chi connectivity index (χ4n) is 1.83. The van der Waals surface area contributed by atoms with E-state index in [1.54, 1.807) is 0 Å². The van der Waals surface area contributed by atoms with E-state index in [0.717, 1.165) is 22.3 Å². The minimum atomic E-state index is -0.0214. The van der Waals surface area contributed by atoms with Gasteiger partial charge in [0.05, 0.1) is 0 Å². The summed E-state index contributed by atoms with van der Waals surface area (Å²) in [6, 6.07) is 10.2. The standard InChI is InChI=1S/C14H17N3/c1-14(2,3)17(4)13-11(9-15)10-7-5-6-8-12(10)16-13/h5-8,16H,1-4H3. The second-order valence-electron chi connectivity index (χ2n) is 5.24. The second kappa shape index (κ2) is 3.81. The van der Waals surface area contributed by atoms with Crippen LogP contribution in [0.2, 0.25) is 0 Å². The summed E-state index contributed by atoms with van der Waals surface area (Å²) in [6.07, 6.45) is 0. The van der Waals surface area contributed by atoms with Gasteiger partial charge in [0, 0.05) is 23.5 Å². The number of nitrogens with one attached hydrogen (secondary N) is 1. The van der Waals surface area contributed by atoms with Gasteiger partial charge in [0.15, 0.2) is 0 Å². The van der Waals surface area contributed by atoms with Crippen LogP contribution in [0.25, 0.3) is 10.9 Å². The molecule has 0 aliphatic rings. The normalized spacial score (nSPS) is 11.5. The average molecular weight is 227 g/mol. The first-order chi connectivity index (χ1) is 7.95. The van der Waals surface area contributed by atoms with Gasteiger partial charge in [-0.3, -0.25) is 0 Å². The van der Waals surface area contributed by atoms with Crippen LogP contribution >= 0.6 is 0 Å². The summed E-state index contributed by atoms with van der Waals surface area (Å²) in [6.45, 7) is 6.37. The summed E-state index contributed by atoms with van der Waals surface area (Å²) in [7, 11) is 2.01. The van der Waals surface area contributed by atoms with Crippen LogP contribution < -0.4 is 4.90 Å². The van der Waals surface area contributed by atoms with Crippen molar-refractivity contribution in [3.8, 4) is 6.07 Å². The predicted molar refractivity (Wildman–Crippen MR) is 71.2 cm³/mol. The number of aromatic amines is 1. The van der Waals surface area contributed by atoms with Gasteiger partial charge in [-0.1, -0.05) is 18.2 Å². The third-order valence-electron chi connectivity index (χ3n) is 3.14. The molecule has 0 amide bonds. The first-order valence-corrected chi connectivity index (χ1v) is 5.70. The minimum Gasteiger partial charge on any atom is -0.355 e. The summed E-state index contributed by atoms with van der Waals surface area (Å²) in [5, 5.41) is 10.3. The summed E-state index contributed by atoms with van der Waals surface area (Å²) in [5.41, 5.74) is 1.71. The van der Waals surface area contributed by atoms with Crippen molar-refractivity contribution in [1.29, 1.82) is 5.26 Å².